The van der Waals surface area contributed by atoms with Crippen molar-refractivity contribution in [2.75, 3.05) is 13.2 Å². The van der Waals surface area contributed by atoms with Gasteiger partial charge in [0, 0.05) is 0 Å². The molecule has 5 atom stereocenters. The van der Waals surface area contributed by atoms with Gasteiger partial charge in [-0.05, 0) is 0 Å². The van der Waals surface area contributed by atoms with Gasteiger partial charge in [-0.15, -0.1) is 0 Å². The molecule has 14 heteroatoms. The summed E-state index contributed by atoms with van der Waals surface area (Å²) in [5, 5.41) is 37.3. The maximum atomic E-state index is 11.4. The van der Waals surface area contributed by atoms with E-state index in [1.54, 1.807) is 0 Å². The molecule has 1 unspecified atom stereocenters. The van der Waals surface area contributed by atoms with Crippen LogP contribution in [0.1, 0.15) is 0 Å². The lowest BCUT2D eigenvalue weighted by molar-refractivity contribution is -0.322. The van der Waals surface area contributed by atoms with Crippen molar-refractivity contribution < 1.29 is 57.8 Å². The van der Waals surface area contributed by atoms with Crippen LogP contribution in [0, 0.1) is 0 Å². The average Bonchev–Trinajstić information content (AvgIpc) is 2.27. The summed E-state index contributed by atoms with van der Waals surface area (Å²) in [6.07, 6.45) is -5.64. The van der Waals surface area contributed by atoms with E-state index < -0.39 is 53.0 Å². The lowest BCUT2D eigenvalue weighted by Gasteiger charge is -2.43. The molecule has 1 aliphatic heterocycles. The molecule has 1 aliphatic rings. The maximum absolute atomic E-state index is 11.4. The minimum absolute atomic E-state index is 0.686. The molecule has 0 aromatic carbocycles. The summed E-state index contributed by atoms with van der Waals surface area (Å²) in [4.78, 5) is 26.0. The van der Waals surface area contributed by atoms with Gasteiger partial charge in [0.05, 0.1) is 6.61 Å². The van der Waals surface area contributed by atoms with E-state index in [0.717, 1.165) is 0 Å². The Kier molecular flexibility index (Phi) is 5.48. The van der Waals surface area contributed by atoms with Crippen LogP contribution in [0.2, 0.25) is 0 Å². The summed E-state index contributed by atoms with van der Waals surface area (Å²) in [6.45, 7) is -1.96. The van der Waals surface area contributed by atoms with Crippen molar-refractivity contribution in [2.24, 2.45) is 0 Å². The molecule has 7 N–H and O–H groups in total. The van der Waals surface area contributed by atoms with Crippen molar-refractivity contribution in [2.45, 2.75) is 24.1 Å². The quantitative estimate of drug-likeness (QED) is 0.250. The van der Waals surface area contributed by atoms with Crippen LogP contribution in [0.25, 0.3) is 0 Å². The van der Waals surface area contributed by atoms with E-state index in [9.17, 15) is 24.4 Å². The molecule has 0 bridgehead atoms. The highest BCUT2D eigenvalue weighted by Gasteiger charge is 2.55. The third kappa shape index (κ3) is 4.28. The first-order valence-corrected chi connectivity index (χ1v) is 8.04. The zero-order chi connectivity index (χ0) is 15.8. The van der Waals surface area contributed by atoms with Gasteiger partial charge < -0.3 is 39.8 Å². The molecule has 0 amide bonds. The SMILES string of the molecule is O=P(O)(O)OP(=O)(O)O[C@@]1(CO)OC[C@H](O)[C@H](O)[C@H]1O. The molecule has 1 heterocycles. The molecule has 0 radical (unpaired) electrons. The Bertz CT molecular complexity index is 434. The fraction of sp³-hybridized carbons (Fsp3) is 1.00. The van der Waals surface area contributed by atoms with Crippen LogP contribution < -0.4 is 0 Å². The third-order valence-electron chi connectivity index (χ3n) is 2.37. The second kappa shape index (κ2) is 6.05. The first kappa shape index (κ1) is 18.1. The highest BCUT2D eigenvalue weighted by molar-refractivity contribution is 7.60. The van der Waals surface area contributed by atoms with E-state index >= 15 is 0 Å². The van der Waals surface area contributed by atoms with Crippen molar-refractivity contribution in [3.05, 3.63) is 0 Å². The summed E-state index contributed by atoms with van der Waals surface area (Å²) in [5.74, 6) is -2.70. The van der Waals surface area contributed by atoms with E-state index in [4.69, 9.17) is 19.8 Å². The highest BCUT2D eigenvalue weighted by atomic mass is 31.3. The topological polar surface area (TPSA) is 203 Å². The monoisotopic (exact) mass is 340 g/mol. The fourth-order valence-corrected chi connectivity index (χ4v) is 3.29. The molecule has 120 valence electrons. The predicted molar refractivity (Wildman–Crippen MR) is 57.8 cm³/mol. The second-order valence-electron chi connectivity index (χ2n) is 3.92. The van der Waals surface area contributed by atoms with Gasteiger partial charge in [0.2, 0.25) is 5.79 Å². The number of phosphoric ester groups is 1. The Balaban J connectivity index is 2.96. The van der Waals surface area contributed by atoms with Crippen LogP contribution in [-0.2, 0) is 22.7 Å². The molecular formula is C6H14O12P2. The summed E-state index contributed by atoms with van der Waals surface area (Å²) in [5.41, 5.74) is 0. The van der Waals surface area contributed by atoms with Gasteiger partial charge in [-0.3, -0.25) is 0 Å². The number of rotatable bonds is 5. The molecule has 12 nitrogen and oxygen atoms in total. The van der Waals surface area contributed by atoms with E-state index in [1.807, 2.05) is 0 Å². The number of aliphatic hydroxyl groups is 4. The van der Waals surface area contributed by atoms with Crippen molar-refractivity contribution >= 4 is 15.6 Å². The number of hydrogen-bond donors (Lipinski definition) is 7. The molecule has 20 heavy (non-hydrogen) atoms. The predicted octanol–water partition coefficient (Wildman–Crippen LogP) is -2.99. The van der Waals surface area contributed by atoms with Gasteiger partial charge in [-0.25, -0.2) is 13.7 Å². The van der Waals surface area contributed by atoms with Crippen LogP contribution in [-0.4, -0.2) is 72.4 Å². The van der Waals surface area contributed by atoms with Gasteiger partial charge in [-0.1, -0.05) is 0 Å². The van der Waals surface area contributed by atoms with E-state index in [2.05, 4.69) is 13.6 Å². The first-order valence-electron chi connectivity index (χ1n) is 5.02. The van der Waals surface area contributed by atoms with Crippen molar-refractivity contribution in [3.8, 4) is 0 Å². The van der Waals surface area contributed by atoms with Crippen molar-refractivity contribution in [3.63, 3.8) is 0 Å². The zero-order valence-electron chi connectivity index (χ0n) is 9.71. The van der Waals surface area contributed by atoms with Crippen LogP contribution >= 0.6 is 15.6 Å². The second-order valence-corrected chi connectivity index (χ2v) is 6.67. The standard InChI is InChI=1S/C6H14O12P2/c7-2-6(5(10)4(9)3(8)1-16-6)17-20(14,15)18-19(11,12)13/h3-5,7-10H,1-2H2,(H,14,15)(H2,11,12,13)/t3-,4-,5+,6+/m0/s1. The molecule has 0 aliphatic carbocycles. The smallest absolute Gasteiger partial charge is 0.391 e. The highest BCUT2D eigenvalue weighted by Crippen LogP contribution is 2.60. The normalized spacial score (nSPS) is 38.5. The van der Waals surface area contributed by atoms with Crippen LogP contribution in [0.4, 0.5) is 0 Å². The minimum Gasteiger partial charge on any atom is -0.391 e. The first-order chi connectivity index (χ1) is 8.92. The summed E-state index contributed by atoms with van der Waals surface area (Å²) < 4.78 is 34.2. The Morgan fingerprint density at radius 2 is 1.75 bits per heavy atom. The number of aliphatic hydroxyl groups excluding tert-OH is 4. The molecule has 0 saturated carbocycles. The molecule has 1 rings (SSSR count). The van der Waals surface area contributed by atoms with Crippen LogP contribution in [0.3, 0.4) is 0 Å². The van der Waals surface area contributed by atoms with E-state index in [-0.39, 0.29) is 0 Å². The van der Waals surface area contributed by atoms with Crippen molar-refractivity contribution in [1.82, 2.24) is 0 Å². The maximum Gasteiger partial charge on any atom is 0.483 e. The third-order valence-corrected chi connectivity index (χ3v) is 4.58. The Morgan fingerprint density at radius 1 is 1.20 bits per heavy atom. The minimum atomic E-state index is -5.45. The molecule has 0 aromatic heterocycles. The lowest BCUT2D eigenvalue weighted by atomic mass is 9.98. The molecule has 0 spiro atoms. The van der Waals surface area contributed by atoms with Gasteiger partial charge in [0.1, 0.15) is 24.9 Å². The van der Waals surface area contributed by atoms with E-state index in [0.29, 0.717) is 0 Å². The molecular weight excluding hydrogens is 326 g/mol. The fourth-order valence-electron chi connectivity index (χ4n) is 1.48. The molecule has 1 fully saturated rings. The largest absolute Gasteiger partial charge is 0.483 e. The number of phosphoric acid groups is 2. The van der Waals surface area contributed by atoms with Gasteiger partial charge >= 0.3 is 15.6 Å². The number of ether oxygens (including phenoxy) is 1. The lowest BCUT2D eigenvalue weighted by Crippen LogP contribution is -2.63. The van der Waals surface area contributed by atoms with Crippen molar-refractivity contribution in [1.29, 1.82) is 0 Å². The summed E-state index contributed by atoms with van der Waals surface area (Å²) in [6, 6.07) is 0. The van der Waals surface area contributed by atoms with Gasteiger partial charge in [0.25, 0.3) is 0 Å². The molecule has 0 aromatic rings. The Labute approximate surface area is 112 Å². The summed E-state index contributed by atoms with van der Waals surface area (Å²) in [7, 11) is -10.9. The summed E-state index contributed by atoms with van der Waals surface area (Å²) >= 11 is 0. The average molecular weight is 340 g/mol. The van der Waals surface area contributed by atoms with Crippen LogP contribution in [0.15, 0.2) is 0 Å². The van der Waals surface area contributed by atoms with Gasteiger partial charge in [-0.2, -0.15) is 4.31 Å². The van der Waals surface area contributed by atoms with Crippen LogP contribution in [0.5, 0.6) is 0 Å². The zero-order valence-corrected chi connectivity index (χ0v) is 11.5. The Morgan fingerprint density at radius 3 is 2.20 bits per heavy atom. The van der Waals surface area contributed by atoms with Gasteiger partial charge in [0.15, 0.2) is 0 Å². The number of hydrogen-bond acceptors (Lipinski definition) is 9. The molecule has 1 saturated heterocycles. The van der Waals surface area contributed by atoms with E-state index in [1.165, 1.54) is 0 Å². The Hall–Kier alpha value is 0.0600.